The largest absolute Gasteiger partial charge is 0.417 e. The number of alkyl halides is 3. The number of aliphatic imine (C=N–C) groups is 1. The predicted molar refractivity (Wildman–Crippen MR) is 115 cm³/mol. The van der Waals surface area contributed by atoms with Crippen LogP contribution in [0.3, 0.4) is 0 Å². The van der Waals surface area contributed by atoms with Gasteiger partial charge in [-0.05, 0) is 60.3 Å². The second-order valence-corrected chi connectivity index (χ2v) is 7.94. The van der Waals surface area contributed by atoms with E-state index in [4.69, 9.17) is 5.73 Å². The normalized spacial score (nSPS) is 14.1. The smallest absolute Gasteiger partial charge is 0.384 e. The SMILES string of the molecule is CN=C(N)c1ccc(SN2CCc3cc(-c4ccc(C(F)(F)F)cn4)ccc32)cc1. The first-order chi connectivity index (χ1) is 14.3. The van der Waals surface area contributed by atoms with Crippen molar-refractivity contribution >= 4 is 23.5 Å². The molecule has 0 fully saturated rings. The molecule has 0 radical (unpaired) electrons. The third kappa shape index (κ3) is 4.14. The Morgan fingerprint density at radius 2 is 1.87 bits per heavy atom. The van der Waals surface area contributed by atoms with E-state index in [1.165, 1.54) is 6.07 Å². The van der Waals surface area contributed by atoms with E-state index in [1.807, 2.05) is 42.5 Å². The molecule has 2 aromatic carbocycles. The summed E-state index contributed by atoms with van der Waals surface area (Å²) in [5, 5.41) is 0. The van der Waals surface area contributed by atoms with E-state index in [0.717, 1.165) is 52.5 Å². The number of nitrogens with two attached hydrogens (primary N) is 1. The molecule has 0 bridgehead atoms. The highest BCUT2D eigenvalue weighted by Gasteiger charge is 2.30. The molecule has 0 spiro atoms. The van der Waals surface area contributed by atoms with Crippen LogP contribution in [0.4, 0.5) is 18.9 Å². The van der Waals surface area contributed by atoms with Crippen LogP contribution in [-0.2, 0) is 12.6 Å². The summed E-state index contributed by atoms with van der Waals surface area (Å²) >= 11 is 1.64. The minimum Gasteiger partial charge on any atom is -0.384 e. The Morgan fingerprint density at radius 1 is 1.10 bits per heavy atom. The van der Waals surface area contributed by atoms with Gasteiger partial charge in [-0.3, -0.25) is 9.98 Å². The summed E-state index contributed by atoms with van der Waals surface area (Å²) in [4.78, 5) is 9.07. The lowest BCUT2D eigenvalue weighted by Gasteiger charge is -2.18. The first-order valence-electron chi connectivity index (χ1n) is 9.30. The molecule has 154 valence electrons. The summed E-state index contributed by atoms with van der Waals surface area (Å²) in [5.74, 6) is 0.502. The lowest BCUT2D eigenvalue weighted by atomic mass is 10.1. The van der Waals surface area contributed by atoms with Crippen LogP contribution in [-0.4, -0.2) is 24.4 Å². The Labute approximate surface area is 176 Å². The van der Waals surface area contributed by atoms with Gasteiger partial charge in [0.05, 0.1) is 16.9 Å². The van der Waals surface area contributed by atoms with E-state index in [9.17, 15) is 13.2 Å². The highest BCUT2D eigenvalue weighted by molar-refractivity contribution is 8.00. The van der Waals surface area contributed by atoms with E-state index < -0.39 is 11.7 Å². The van der Waals surface area contributed by atoms with Gasteiger partial charge in [0.2, 0.25) is 0 Å². The van der Waals surface area contributed by atoms with Crippen LogP contribution in [0.15, 0.2) is 70.7 Å². The van der Waals surface area contributed by atoms with Crippen molar-refractivity contribution in [1.29, 1.82) is 0 Å². The maximum absolute atomic E-state index is 12.7. The molecule has 2 heterocycles. The van der Waals surface area contributed by atoms with Crippen LogP contribution in [0.5, 0.6) is 0 Å². The number of halogens is 3. The van der Waals surface area contributed by atoms with Crippen LogP contribution < -0.4 is 10.0 Å². The lowest BCUT2D eigenvalue weighted by molar-refractivity contribution is -0.137. The second kappa shape index (κ2) is 8.02. The monoisotopic (exact) mass is 428 g/mol. The molecule has 30 heavy (non-hydrogen) atoms. The first-order valence-corrected chi connectivity index (χ1v) is 10.1. The van der Waals surface area contributed by atoms with Crippen molar-refractivity contribution in [3.63, 3.8) is 0 Å². The Hall–Kier alpha value is -3.00. The fourth-order valence-corrected chi connectivity index (χ4v) is 4.27. The summed E-state index contributed by atoms with van der Waals surface area (Å²) in [6, 6.07) is 16.3. The molecule has 1 aliphatic heterocycles. The van der Waals surface area contributed by atoms with E-state index >= 15 is 0 Å². The van der Waals surface area contributed by atoms with Gasteiger partial charge in [-0.15, -0.1) is 0 Å². The average Bonchev–Trinajstić information content (AvgIpc) is 3.15. The second-order valence-electron chi connectivity index (χ2n) is 6.85. The van der Waals surface area contributed by atoms with Crippen molar-refractivity contribution in [1.82, 2.24) is 4.98 Å². The zero-order chi connectivity index (χ0) is 21.3. The number of pyridine rings is 1. The number of anilines is 1. The van der Waals surface area contributed by atoms with Crippen LogP contribution >= 0.6 is 11.9 Å². The van der Waals surface area contributed by atoms with Crippen molar-refractivity contribution in [2.45, 2.75) is 17.5 Å². The number of hydrogen-bond acceptors (Lipinski definition) is 4. The highest BCUT2D eigenvalue weighted by Crippen LogP contribution is 2.38. The molecule has 8 heteroatoms. The number of amidine groups is 1. The summed E-state index contributed by atoms with van der Waals surface area (Å²) in [6.45, 7) is 0.851. The van der Waals surface area contributed by atoms with Crippen LogP contribution in [0.1, 0.15) is 16.7 Å². The molecule has 4 rings (SSSR count). The molecule has 0 saturated carbocycles. The molecule has 0 saturated heterocycles. The Bertz CT molecular complexity index is 1080. The van der Waals surface area contributed by atoms with Crippen LogP contribution in [0.25, 0.3) is 11.3 Å². The number of aromatic nitrogens is 1. The number of fused-ring (bicyclic) bond motifs is 1. The number of hydrogen-bond donors (Lipinski definition) is 1. The van der Waals surface area contributed by atoms with Crippen molar-refractivity contribution in [2.24, 2.45) is 10.7 Å². The van der Waals surface area contributed by atoms with Gasteiger partial charge in [-0.2, -0.15) is 13.2 Å². The first kappa shape index (κ1) is 20.3. The third-order valence-electron chi connectivity index (χ3n) is 4.93. The van der Waals surface area contributed by atoms with Gasteiger partial charge in [-0.25, -0.2) is 0 Å². The molecule has 3 aromatic rings. The van der Waals surface area contributed by atoms with Gasteiger partial charge >= 0.3 is 6.18 Å². The summed E-state index contributed by atoms with van der Waals surface area (Å²) in [5.41, 5.74) is 9.58. The highest BCUT2D eigenvalue weighted by atomic mass is 32.2. The molecule has 1 aliphatic rings. The van der Waals surface area contributed by atoms with Crippen molar-refractivity contribution < 1.29 is 13.2 Å². The molecule has 1 aromatic heterocycles. The Morgan fingerprint density at radius 3 is 2.50 bits per heavy atom. The fourth-order valence-electron chi connectivity index (χ4n) is 3.30. The Kier molecular flexibility index (Phi) is 5.42. The topological polar surface area (TPSA) is 54.5 Å². The van der Waals surface area contributed by atoms with Gasteiger partial charge in [0.25, 0.3) is 0 Å². The van der Waals surface area contributed by atoms with Gasteiger partial charge in [0, 0.05) is 35.8 Å². The number of nitrogens with zero attached hydrogens (tertiary/aromatic N) is 3. The zero-order valence-corrected chi connectivity index (χ0v) is 17.0. The summed E-state index contributed by atoms with van der Waals surface area (Å²) in [6.07, 6.45) is -2.64. The van der Waals surface area contributed by atoms with Crippen molar-refractivity contribution in [3.05, 3.63) is 77.5 Å². The molecule has 0 unspecified atom stereocenters. The van der Waals surface area contributed by atoms with Crippen molar-refractivity contribution in [2.75, 3.05) is 17.9 Å². The summed E-state index contributed by atoms with van der Waals surface area (Å²) < 4.78 is 40.4. The molecular formula is C22H19F3N4S. The van der Waals surface area contributed by atoms with E-state index in [2.05, 4.69) is 14.3 Å². The molecule has 4 nitrogen and oxygen atoms in total. The van der Waals surface area contributed by atoms with Gasteiger partial charge in [0.1, 0.15) is 5.84 Å². The molecular weight excluding hydrogens is 409 g/mol. The third-order valence-corrected chi connectivity index (χ3v) is 6.01. The van der Waals surface area contributed by atoms with Crippen molar-refractivity contribution in [3.8, 4) is 11.3 Å². The van der Waals surface area contributed by atoms with E-state index in [-0.39, 0.29) is 0 Å². The zero-order valence-electron chi connectivity index (χ0n) is 16.1. The molecule has 0 aliphatic carbocycles. The number of benzene rings is 2. The predicted octanol–water partition coefficient (Wildman–Crippen LogP) is 5.17. The maximum atomic E-state index is 12.7. The van der Waals surface area contributed by atoms with Crippen LogP contribution in [0.2, 0.25) is 0 Å². The quantitative estimate of drug-likeness (QED) is 0.354. The Balaban J connectivity index is 1.51. The fraction of sp³-hybridized carbons (Fsp3) is 0.182. The minimum absolute atomic E-state index is 0.502. The molecule has 2 N–H and O–H groups in total. The lowest BCUT2D eigenvalue weighted by Crippen LogP contribution is -2.13. The van der Waals surface area contributed by atoms with E-state index in [1.54, 1.807) is 19.0 Å². The standard InChI is InChI=1S/C22H19F3N4S/c1-27-21(26)14-2-6-18(7-3-14)30-29-11-10-16-12-15(4-9-20(16)29)19-8-5-17(13-28-19)22(23,24)25/h2-9,12-13H,10-11H2,1H3,(H2,26,27). The molecule has 0 amide bonds. The van der Waals surface area contributed by atoms with Crippen LogP contribution in [0, 0.1) is 0 Å². The minimum atomic E-state index is -4.38. The molecule has 0 atom stereocenters. The maximum Gasteiger partial charge on any atom is 0.417 e. The van der Waals surface area contributed by atoms with Gasteiger partial charge in [0.15, 0.2) is 0 Å². The van der Waals surface area contributed by atoms with Gasteiger partial charge < -0.3 is 10.0 Å². The van der Waals surface area contributed by atoms with E-state index in [0.29, 0.717) is 11.5 Å². The number of rotatable bonds is 4. The van der Waals surface area contributed by atoms with Gasteiger partial charge in [-0.1, -0.05) is 18.2 Å². The summed E-state index contributed by atoms with van der Waals surface area (Å²) in [7, 11) is 1.66. The average molecular weight is 428 g/mol.